The lowest BCUT2D eigenvalue weighted by Crippen LogP contribution is -1.97. The smallest absolute Gasteiger partial charge is 0.346 e. The van der Waals surface area contributed by atoms with Crippen LogP contribution in [0.2, 0.25) is 0 Å². The van der Waals surface area contributed by atoms with Crippen LogP contribution in [-0.4, -0.2) is 11.1 Å². The summed E-state index contributed by atoms with van der Waals surface area (Å²) in [5.74, 6) is -1.92. The molecule has 0 bridgehead atoms. The summed E-state index contributed by atoms with van der Waals surface area (Å²) in [6.45, 7) is 0. The fourth-order valence-corrected chi connectivity index (χ4v) is 0.889. The number of nitriles is 1. The molecule has 0 aliphatic carbocycles. The van der Waals surface area contributed by atoms with Crippen LogP contribution in [0.4, 0.5) is 4.39 Å². The van der Waals surface area contributed by atoms with Gasteiger partial charge in [0.1, 0.15) is 17.5 Å². The Hall–Kier alpha value is -2.15. The molecule has 0 aliphatic rings. The zero-order valence-corrected chi connectivity index (χ0v) is 7.07. The summed E-state index contributed by atoms with van der Waals surface area (Å²) in [6, 6.07) is 7.11. The number of hydrogen-bond donors (Lipinski definition) is 1. The van der Waals surface area contributed by atoms with Crippen molar-refractivity contribution in [2.75, 3.05) is 0 Å². The molecule has 1 aromatic carbocycles. The van der Waals surface area contributed by atoms with E-state index in [4.69, 9.17) is 10.4 Å². The molecule has 0 saturated carbocycles. The van der Waals surface area contributed by atoms with Gasteiger partial charge in [-0.15, -0.1) is 0 Å². The Balaban J connectivity index is 3.15. The number of hydrogen-bond acceptors (Lipinski definition) is 2. The molecular weight excluding hydrogens is 185 g/mol. The Morgan fingerprint density at radius 1 is 1.50 bits per heavy atom. The Bertz CT molecular complexity index is 432. The molecule has 0 atom stereocenters. The summed E-state index contributed by atoms with van der Waals surface area (Å²) in [6.07, 6.45) is 0.998. The van der Waals surface area contributed by atoms with Crippen molar-refractivity contribution in [1.82, 2.24) is 0 Å². The topological polar surface area (TPSA) is 61.1 Å². The van der Waals surface area contributed by atoms with Gasteiger partial charge >= 0.3 is 5.97 Å². The highest BCUT2D eigenvalue weighted by molar-refractivity contribution is 5.96. The minimum Gasteiger partial charge on any atom is -0.477 e. The van der Waals surface area contributed by atoms with Crippen molar-refractivity contribution < 1.29 is 14.3 Å². The van der Waals surface area contributed by atoms with Crippen LogP contribution in [0.1, 0.15) is 5.56 Å². The van der Waals surface area contributed by atoms with Crippen LogP contribution in [0.3, 0.4) is 0 Å². The van der Waals surface area contributed by atoms with E-state index in [0.717, 1.165) is 6.08 Å². The highest BCUT2D eigenvalue weighted by atomic mass is 19.1. The van der Waals surface area contributed by atoms with E-state index >= 15 is 0 Å². The van der Waals surface area contributed by atoms with E-state index in [9.17, 15) is 9.18 Å². The van der Waals surface area contributed by atoms with Crippen LogP contribution in [0.25, 0.3) is 6.08 Å². The van der Waals surface area contributed by atoms with Gasteiger partial charge in [0, 0.05) is 5.56 Å². The van der Waals surface area contributed by atoms with E-state index in [2.05, 4.69) is 0 Å². The molecule has 0 spiro atoms. The van der Waals surface area contributed by atoms with Crippen LogP contribution < -0.4 is 0 Å². The van der Waals surface area contributed by atoms with Gasteiger partial charge in [-0.2, -0.15) is 5.26 Å². The Labute approximate surface area is 79.7 Å². The SMILES string of the molecule is N#CC(=Cc1ccccc1F)C(=O)O. The number of benzene rings is 1. The fourth-order valence-electron chi connectivity index (χ4n) is 0.889. The minimum absolute atomic E-state index is 0.0893. The Kier molecular flexibility index (Phi) is 2.97. The molecule has 1 N–H and O–H groups in total. The number of carboxylic acids is 1. The van der Waals surface area contributed by atoms with Gasteiger partial charge in [0.05, 0.1) is 0 Å². The quantitative estimate of drug-likeness (QED) is 0.572. The number of halogens is 1. The summed E-state index contributed by atoms with van der Waals surface area (Å²) < 4.78 is 13.0. The second-order valence-electron chi connectivity index (χ2n) is 2.50. The number of carbonyl (C=O) groups is 1. The molecule has 0 aliphatic heterocycles. The van der Waals surface area contributed by atoms with Crippen LogP contribution in [0.15, 0.2) is 29.8 Å². The van der Waals surface area contributed by atoms with Crippen molar-refractivity contribution in [3.63, 3.8) is 0 Å². The second-order valence-corrected chi connectivity index (χ2v) is 2.50. The summed E-state index contributed by atoms with van der Waals surface area (Å²) in [5, 5.41) is 16.9. The van der Waals surface area contributed by atoms with Gasteiger partial charge in [-0.3, -0.25) is 0 Å². The first-order valence-electron chi connectivity index (χ1n) is 3.75. The normalized spacial score (nSPS) is 10.7. The molecule has 3 nitrogen and oxygen atoms in total. The largest absolute Gasteiger partial charge is 0.477 e. The maximum Gasteiger partial charge on any atom is 0.346 e. The van der Waals surface area contributed by atoms with Crippen LogP contribution >= 0.6 is 0 Å². The van der Waals surface area contributed by atoms with E-state index in [1.54, 1.807) is 6.07 Å². The number of rotatable bonds is 2. The molecule has 1 rings (SSSR count). The third-order valence-corrected chi connectivity index (χ3v) is 1.56. The van der Waals surface area contributed by atoms with Crippen molar-refractivity contribution in [3.8, 4) is 6.07 Å². The van der Waals surface area contributed by atoms with Crippen LogP contribution in [0.5, 0.6) is 0 Å². The van der Waals surface area contributed by atoms with Gasteiger partial charge in [-0.05, 0) is 12.1 Å². The van der Waals surface area contributed by atoms with Gasteiger partial charge < -0.3 is 5.11 Å². The Morgan fingerprint density at radius 2 is 2.14 bits per heavy atom. The predicted molar refractivity (Wildman–Crippen MR) is 47.6 cm³/mol. The number of aliphatic carboxylic acids is 1. The van der Waals surface area contributed by atoms with E-state index in [1.807, 2.05) is 0 Å². The van der Waals surface area contributed by atoms with Crippen LogP contribution in [0, 0.1) is 17.1 Å². The van der Waals surface area contributed by atoms with Crippen molar-refractivity contribution in [2.24, 2.45) is 0 Å². The molecule has 0 radical (unpaired) electrons. The van der Waals surface area contributed by atoms with E-state index in [0.29, 0.717) is 0 Å². The molecule has 0 saturated heterocycles. The third kappa shape index (κ3) is 2.17. The minimum atomic E-state index is -1.37. The predicted octanol–water partition coefficient (Wildman–Crippen LogP) is 1.82. The molecule has 0 fully saturated rings. The highest BCUT2D eigenvalue weighted by Gasteiger charge is 2.07. The van der Waals surface area contributed by atoms with Crippen molar-refractivity contribution in [1.29, 1.82) is 5.26 Å². The average molecular weight is 191 g/mol. The zero-order valence-electron chi connectivity index (χ0n) is 7.07. The highest BCUT2D eigenvalue weighted by Crippen LogP contribution is 2.10. The van der Waals surface area contributed by atoms with Gasteiger partial charge in [0.15, 0.2) is 0 Å². The van der Waals surface area contributed by atoms with Gasteiger partial charge in [0.25, 0.3) is 0 Å². The van der Waals surface area contributed by atoms with Gasteiger partial charge in [-0.1, -0.05) is 18.2 Å². The fraction of sp³-hybridized carbons (Fsp3) is 0. The molecule has 1 aromatic rings. The first-order valence-corrected chi connectivity index (χ1v) is 3.75. The van der Waals surface area contributed by atoms with Gasteiger partial charge in [0.2, 0.25) is 0 Å². The monoisotopic (exact) mass is 191 g/mol. The number of nitrogens with zero attached hydrogens (tertiary/aromatic N) is 1. The van der Waals surface area contributed by atoms with Gasteiger partial charge in [-0.25, -0.2) is 9.18 Å². The molecular formula is C10H6FNO2. The molecule has 70 valence electrons. The average Bonchev–Trinajstić information content (AvgIpc) is 2.16. The number of carboxylic acid groups (broad SMARTS) is 1. The maximum atomic E-state index is 13.0. The second kappa shape index (κ2) is 4.19. The lowest BCUT2D eigenvalue weighted by molar-refractivity contribution is -0.132. The Morgan fingerprint density at radius 3 is 2.64 bits per heavy atom. The first kappa shape index (κ1) is 9.93. The molecule has 0 unspecified atom stereocenters. The van der Waals surface area contributed by atoms with E-state index < -0.39 is 17.4 Å². The molecule has 4 heteroatoms. The molecule has 0 amide bonds. The van der Waals surface area contributed by atoms with E-state index in [-0.39, 0.29) is 5.56 Å². The lowest BCUT2D eigenvalue weighted by atomic mass is 10.1. The van der Waals surface area contributed by atoms with Crippen molar-refractivity contribution in [3.05, 3.63) is 41.2 Å². The standard InChI is InChI=1S/C10H6FNO2/c11-9-4-2-1-3-7(9)5-8(6-12)10(13)14/h1-5H,(H,13,14). The van der Waals surface area contributed by atoms with E-state index in [1.165, 1.54) is 24.3 Å². The summed E-state index contributed by atoms with van der Waals surface area (Å²) >= 11 is 0. The maximum absolute atomic E-state index is 13.0. The van der Waals surface area contributed by atoms with Crippen molar-refractivity contribution >= 4 is 12.0 Å². The van der Waals surface area contributed by atoms with Crippen LogP contribution in [-0.2, 0) is 4.79 Å². The molecule has 14 heavy (non-hydrogen) atoms. The zero-order chi connectivity index (χ0) is 10.6. The molecule has 0 aromatic heterocycles. The lowest BCUT2D eigenvalue weighted by Gasteiger charge is -1.95. The first-order chi connectivity index (χ1) is 6.65. The summed E-state index contributed by atoms with van der Waals surface area (Å²) in [4.78, 5) is 10.4. The van der Waals surface area contributed by atoms with Crippen molar-refractivity contribution in [2.45, 2.75) is 0 Å². The summed E-state index contributed by atoms with van der Waals surface area (Å²) in [7, 11) is 0. The third-order valence-electron chi connectivity index (χ3n) is 1.56. The molecule has 0 heterocycles. The summed E-state index contributed by atoms with van der Waals surface area (Å²) in [5.41, 5.74) is -0.401.